The minimum Gasteiger partial charge on any atom is -0.486 e. The zero-order valence-electron chi connectivity index (χ0n) is 9.52. The highest BCUT2D eigenvalue weighted by molar-refractivity contribution is 5.80. The van der Waals surface area contributed by atoms with Gasteiger partial charge in [-0.05, 0) is 25.0 Å². The monoisotopic (exact) mass is 233 g/mol. The van der Waals surface area contributed by atoms with Crippen LogP contribution in [0.2, 0.25) is 0 Å². The maximum Gasteiger partial charge on any atom is 0.223 e. The molecule has 2 aliphatic rings. The van der Waals surface area contributed by atoms with Gasteiger partial charge >= 0.3 is 0 Å². The molecule has 0 aromatic heterocycles. The van der Waals surface area contributed by atoms with Gasteiger partial charge in [0.2, 0.25) is 5.91 Å². The first-order chi connectivity index (χ1) is 8.33. The molecule has 3 rings (SSSR count). The normalized spacial score (nSPS) is 22.0. The van der Waals surface area contributed by atoms with Gasteiger partial charge in [0.25, 0.3) is 0 Å². The second-order valence-corrected chi connectivity index (χ2v) is 4.52. The number of carbonyl (C=O) groups excluding carboxylic acids is 1. The average Bonchev–Trinajstić information content (AvgIpc) is 3.20. The summed E-state index contributed by atoms with van der Waals surface area (Å²) in [5.74, 6) is 1.92. The average molecular weight is 233 g/mol. The van der Waals surface area contributed by atoms with Gasteiger partial charge in [0.05, 0.1) is 6.54 Å². The lowest BCUT2D eigenvalue weighted by atomic mass is 10.2. The molecule has 4 heteroatoms. The van der Waals surface area contributed by atoms with E-state index in [1.165, 1.54) is 0 Å². The summed E-state index contributed by atoms with van der Waals surface area (Å²) in [7, 11) is 0. The van der Waals surface area contributed by atoms with Crippen molar-refractivity contribution in [3.8, 4) is 11.5 Å². The van der Waals surface area contributed by atoms with E-state index in [2.05, 4.69) is 5.32 Å². The molecule has 4 nitrogen and oxygen atoms in total. The largest absolute Gasteiger partial charge is 0.486 e. The lowest BCUT2D eigenvalue weighted by molar-refractivity contribution is -0.122. The summed E-state index contributed by atoms with van der Waals surface area (Å²) >= 11 is 0. The van der Waals surface area contributed by atoms with Gasteiger partial charge in [-0.3, -0.25) is 4.79 Å². The first-order valence-corrected chi connectivity index (χ1v) is 5.99. The minimum atomic E-state index is -0.0902. The van der Waals surface area contributed by atoms with Crippen LogP contribution in [0, 0.1) is 5.92 Å². The Labute approximate surface area is 99.9 Å². The van der Waals surface area contributed by atoms with E-state index >= 15 is 0 Å². The number of benzene rings is 1. The van der Waals surface area contributed by atoms with E-state index < -0.39 is 0 Å². The topological polar surface area (TPSA) is 47.6 Å². The van der Waals surface area contributed by atoms with Gasteiger partial charge in [-0.25, -0.2) is 0 Å². The molecule has 0 saturated heterocycles. The smallest absolute Gasteiger partial charge is 0.223 e. The summed E-state index contributed by atoms with van der Waals surface area (Å²) in [6, 6.07) is 7.59. The van der Waals surface area contributed by atoms with E-state index in [1.807, 2.05) is 24.3 Å². The summed E-state index contributed by atoms with van der Waals surface area (Å²) in [4.78, 5) is 11.5. The van der Waals surface area contributed by atoms with Crippen LogP contribution in [0.15, 0.2) is 24.3 Å². The Morgan fingerprint density at radius 3 is 2.82 bits per heavy atom. The molecule has 0 spiro atoms. The molecule has 0 radical (unpaired) electrons. The maximum atomic E-state index is 11.5. The number of para-hydroxylation sites is 2. The highest BCUT2D eigenvalue weighted by Crippen LogP contribution is 2.31. The summed E-state index contributed by atoms with van der Waals surface area (Å²) in [5.41, 5.74) is 0. The second kappa shape index (κ2) is 4.28. The first-order valence-electron chi connectivity index (χ1n) is 5.99. The third kappa shape index (κ3) is 2.35. The molecule has 1 fully saturated rings. The molecule has 1 saturated carbocycles. The third-order valence-electron chi connectivity index (χ3n) is 3.02. The highest BCUT2D eigenvalue weighted by atomic mass is 16.6. The van der Waals surface area contributed by atoms with Crippen molar-refractivity contribution in [2.24, 2.45) is 5.92 Å². The summed E-state index contributed by atoms with van der Waals surface area (Å²) in [6.07, 6.45) is 1.96. The molecule has 1 heterocycles. The predicted octanol–water partition coefficient (Wildman–Crippen LogP) is 1.35. The molecule has 1 aliphatic carbocycles. The molecular formula is C13H15NO3. The molecule has 17 heavy (non-hydrogen) atoms. The molecule has 0 bridgehead atoms. The van der Waals surface area contributed by atoms with E-state index in [9.17, 15) is 4.79 Å². The van der Waals surface area contributed by atoms with Gasteiger partial charge < -0.3 is 14.8 Å². The van der Waals surface area contributed by atoms with E-state index in [4.69, 9.17) is 9.47 Å². The molecule has 0 unspecified atom stereocenters. The van der Waals surface area contributed by atoms with Crippen molar-refractivity contribution < 1.29 is 14.3 Å². The van der Waals surface area contributed by atoms with Crippen LogP contribution in [-0.4, -0.2) is 25.2 Å². The van der Waals surface area contributed by atoms with E-state index in [0.29, 0.717) is 13.2 Å². The van der Waals surface area contributed by atoms with E-state index in [1.54, 1.807) is 0 Å². The van der Waals surface area contributed by atoms with Gasteiger partial charge in [0.15, 0.2) is 11.5 Å². The molecule has 1 amide bonds. The highest BCUT2D eigenvalue weighted by Gasteiger charge is 2.30. The third-order valence-corrected chi connectivity index (χ3v) is 3.02. The van der Waals surface area contributed by atoms with Crippen LogP contribution < -0.4 is 14.8 Å². The van der Waals surface area contributed by atoms with Crippen LogP contribution >= 0.6 is 0 Å². The number of fused-ring (bicyclic) bond motifs is 1. The van der Waals surface area contributed by atoms with Crippen LogP contribution in [0.1, 0.15) is 12.8 Å². The number of hydrogen-bond acceptors (Lipinski definition) is 3. The quantitative estimate of drug-likeness (QED) is 0.857. The van der Waals surface area contributed by atoms with Crippen molar-refractivity contribution in [3.63, 3.8) is 0 Å². The van der Waals surface area contributed by atoms with Crippen LogP contribution in [0.3, 0.4) is 0 Å². The fourth-order valence-corrected chi connectivity index (χ4v) is 1.87. The minimum absolute atomic E-state index is 0.0902. The number of carbonyl (C=O) groups is 1. The SMILES string of the molecule is O=C(NC[C@H]1COc2ccccc2O1)C1CC1. The number of ether oxygens (including phenoxy) is 2. The Hall–Kier alpha value is -1.71. The standard InChI is InChI=1S/C13H15NO3/c15-13(9-5-6-9)14-7-10-8-16-11-3-1-2-4-12(11)17-10/h1-4,9-10H,5-8H2,(H,14,15)/t10-/m0/s1. The predicted molar refractivity (Wildman–Crippen MR) is 62.1 cm³/mol. The molecule has 1 aromatic rings. The first kappa shape index (κ1) is 10.4. The molecule has 1 atom stereocenters. The van der Waals surface area contributed by atoms with Crippen LogP contribution in [-0.2, 0) is 4.79 Å². The van der Waals surface area contributed by atoms with Crippen molar-refractivity contribution in [2.75, 3.05) is 13.2 Å². The Bertz CT molecular complexity index is 428. The van der Waals surface area contributed by atoms with Crippen molar-refractivity contribution in [2.45, 2.75) is 18.9 Å². The second-order valence-electron chi connectivity index (χ2n) is 4.52. The Morgan fingerprint density at radius 2 is 2.06 bits per heavy atom. The fraction of sp³-hybridized carbons (Fsp3) is 0.462. The van der Waals surface area contributed by atoms with Crippen molar-refractivity contribution >= 4 is 5.91 Å². The lowest BCUT2D eigenvalue weighted by Gasteiger charge is -2.26. The Balaban J connectivity index is 1.55. The Kier molecular flexibility index (Phi) is 2.63. The van der Waals surface area contributed by atoms with Gasteiger partial charge in [0.1, 0.15) is 12.7 Å². The number of hydrogen-bond donors (Lipinski definition) is 1. The fourth-order valence-electron chi connectivity index (χ4n) is 1.87. The number of nitrogens with one attached hydrogen (secondary N) is 1. The zero-order chi connectivity index (χ0) is 11.7. The molecule has 90 valence electrons. The van der Waals surface area contributed by atoms with Crippen molar-refractivity contribution in [3.05, 3.63) is 24.3 Å². The van der Waals surface area contributed by atoms with Gasteiger partial charge in [-0.2, -0.15) is 0 Å². The van der Waals surface area contributed by atoms with E-state index in [0.717, 1.165) is 24.3 Å². The molecule has 1 N–H and O–H groups in total. The molecule has 1 aliphatic heterocycles. The zero-order valence-corrected chi connectivity index (χ0v) is 9.52. The number of rotatable bonds is 3. The van der Waals surface area contributed by atoms with Crippen LogP contribution in [0.25, 0.3) is 0 Å². The van der Waals surface area contributed by atoms with Crippen LogP contribution in [0.4, 0.5) is 0 Å². The Morgan fingerprint density at radius 1 is 1.29 bits per heavy atom. The molecular weight excluding hydrogens is 218 g/mol. The van der Waals surface area contributed by atoms with Crippen molar-refractivity contribution in [1.29, 1.82) is 0 Å². The maximum absolute atomic E-state index is 11.5. The van der Waals surface area contributed by atoms with Gasteiger partial charge in [-0.1, -0.05) is 12.1 Å². The van der Waals surface area contributed by atoms with Crippen molar-refractivity contribution in [1.82, 2.24) is 5.32 Å². The van der Waals surface area contributed by atoms with Gasteiger partial charge in [-0.15, -0.1) is 0 Å². The lowest BCUT2D eigenvalue weighted by Crippen LogP contribution is -2.41. The summed E-state index contributed by atoms with van der Waals surface area (Å²) < 4.78 is 11.3. The van der Waals surface area contributed by atoms with Crippen LogP contribution in [0.5, 0.6) is 11.5 Å². The number of amides is 1. The van der Waals surface area contributed by atoms with E-state index in [-0.39, 0.29) is 17.9 Å². The summed E-state index contributed by atoms with van der Waals surface area (Å²) in [5, 5.41) is 2.90. The molecule has 1 aromatic carbocycles. The summed E-state index contributed by atoms with van der Waals surface area (Å²) in [6.45, 7) is 1.01. The van der Waals surface area contributed by atoms with Gasteiger partial charge in [0, 0.05) is 5.92 Å².